The van der Waals surface area contributed by atoms with Crippen LogP contribution in [0.1, 0.15) is 25.3 Å². The molecule has 2 rings (SSSR count). The number of nitrogens with zero attached hydrogens (tertiary/aromatic N) is 3. The lowest BCUT2D eigenvalue weighted by Crippen LogP contribution is -2.13. The molecule has 9 heteroatoms. The molecule has 2 heterocycles. The molecule has 0 saturated carbocycles. The molecule has 0 aliphatic carbocycles. The highest BCUT2D eigenvalue weighted by atomic mass is 79.9. The fourth-order valence-corrected chi connectivity index (χ4v) is 2.37. The first-order chi connectivity index (χ1) is 12.0. The number of aromatic nitrogens is 3. The molecule has 0 saturated heterocycles. The summed E-state index contributed by atoms with van der Waals surface area (Å²) in [5.74, 6) is 1.99. The Kier molecular flexibility index (Phi) is 7.35. The van der Waals surface area contributed by atoms with Crippen molar-refractivity contribution in [1.29, 1.82) is 0 Å². The van der Waals surface area contributed by atoms with E-state index >= 15 is 0 Å². The molecule has 0 fully saturated rings. The van der Waals surface area contributed by atoms with Crippen LogP contribution in [0.25, 0.3) is 0 Å². The Morgan fingerprint density at radius 2 is 2.04 bits per heavy atom. The second kappa shape index (κ2) is 9.50. The number of hydrogen-bond donors (Lipinski definition) is 3. The Labute approximate surface area is 154 Å². The van der Waals surface area contributed by atoms with Crippen LogP contribution >= 0.6 is 15.9 Å². The summed E-state index contributed by atoms with van der Waals surface area (Å²) in [6, 6.07) is 1.81. The Morgan fingerprint density at radius 1 is 1.24 bits per heavy atom. The van der Waals surface area contributed by atoms with Crippen molar-refractivity contribution in [2.24, 2.45) is 0 Å². The highest BCUT2D eigenvalue weighted by Crippen LogP contribution is 2.34. The van der Waals surface area contributed by atoms with Gasteiger partial charge in [-0.3, -0.25) is 0 Å². The van der Waals surface area contributed by atoms with Crippen molar-refractivity contribution in [2.45, 2.75) is 19.8 Å². The quantitative estimate of drug-likeness (QED) is 0.425. The fraction of sp³-hybridized carbons (Fsp3) is 0.438. The van der Waals surface area contributed by atoms with E-state index in [1.54, 1.807) is 12.3 Å². The van der Waals surface area contributed by atoms with Gasteiger partial charge in [-0.25, -0.2) is 9.97 Å². The summed E-state index contributed by atoms with van der Waals surface area (Å²) in [5, 5.41) is 11.8. The molecule has 2 aromatic rings. The van der Waals surface area contributed by atoms with E-state index in [1.165, 1.54) is 6.20 Å². The molecule has 4 N–H and O–H groups in total. The molecule has 0 bridgehead atoms. The lowest BCUT2D eigenvalue weighted by atomic mass is 10.1. The molecule has 0 spiro atoms. The summed E-state index contributed by atoms with van der Waals surface area (Å²) >= 11 is 3.36. The van der Waals surface area contributed by atoms with Gasteiger partial charge in [-0.15, -0.1) is 0 Å². The third-order valence-corrected chi connectivity index (χ3v) is 3.69. The minimum Gasteiger partial charge on any atom is -0.451 e. The number of ether oxygens (including phenoxy) is 2. The first-order valence-electron chi connectivity index (χ1n) is 7.89. The van der Waals surface area contributed by atoms with E-state index < -0.39 is 0 Å². The summed E-state index contributed by atoms with van der Waals surface area (Å²) in [6.07, 6.45) is 3.30. The number of hydrogen-bond acceptors (Lipinski definition) is 8. The van der Waals surface area contributed by atoms with E-state index in [0.717, 1.165) is 5.56 Å². The number of halogens is 1. The maximum Gasteiger partial charge on any atom is 0.222 e. The maximum absolute atomic E-state index is 8.71. The molecule has 0 aliphatic rings. The Bertz CT molecular complexity index is 699. The van der Waals surface area contributed by atoms with E-state index in [-0.39, 0.29) is 18.5 Å². The number of rotatable bonds is 9. The van der Waals surface area contributed by atoms with Crippen LogP contribution < -0.4 is 15.8 Å². The van der Waals surface area contributed by atoms with Gasteiger partial charge in [-0.05, 0) is 21.8 Å². The average molecular weight is 412 g/mol. The third kappa shape index (κ3) is 5.80. The molecule has 136 valence electrons. The standard InChI is InChI=1S/C16H22BrN5O3/c1-10(2)11-8-20-14(17)7-12(11)25-13-9-21-16(18)22-15(13)19-3-5-24-6-4-23/h7-10,23H,3-6H2,1-2H3,(H3,18,19,21,22). The molecule has 0 aliphatic heterocycles. The van der Waals surface area contributed by atoms with Crippen molar-refractivity contribution in [3.63, 3.8) is 0 Å². The van der Waals surface area contributed by atoms with Crippen LogP contribution in [-0.4, -0.2) is 46.4 Å². The van der Waals surface area contributed by atoms with Gasteiger partial charge in [0.1, 0.15) is 10.4 Å². The van der Waals surface area contributed by atoms with Crippen molar-refractivity contribution in [3.05, 3.63) is 28.6 Å². The molecule has 0 aromatic carbocycles. The van der Waals surface area contributed by atoms with Gasteiger partial charge in [-0.1, -0.05) is 13.8 Å². The zero-order valence-electron chi connectivity index (χ0n) is 14.2. The van der Waals surface area contributed by atoms with Crippen LogP contribution in [0.2, 0.25) is 0 Å². The largest absolute Gasteiger partial charge is 0.451 e. The van der Waals surface area contributed by atoms with E-state index in [2.05, 4.69) is 50.0 Å². The van der Waals surface area contributed by atoms with Crippen LogP contribution in [-0.2, 0) is 4.74 Å². The van der Waals surface area contributed by atoms with Crippen molar-refractivity contribution < 1.29 is 14.6 Å². The highest BCUT2D eigenvalue weighted by molar-refractivity contribution is 9.10. The van der Waals surface area contributed by atoms with Crippen LogP contribution in [0.3, 0.4) is 0 Å². The zero-order valence-corrected chi connectivity index (χ0v) is 15.8. The summed E-state index contributed by atoms with van der Waals surface area (Å²) < 4.78 is 11.9. The third-order valence-electron chi connectivity index (χ3n) is 3.25. The van der Waals surface area contributed by atoms with E-state index in [0.29, 0.717) is 41.7 Å². The second-order valence-corrected chi connectivity index (χ2v) is 6.32. The Hall–Kier alpha value is -1.97. The predicted molar refractivity (Wildman–Crippen MR) is 98.9 cm³/mol. The molecular weight excluding hydrogens is 390 g/mol. The maximum atomic E-state index is 8.71. The topological polar surface area (TPSA) is 115 Å². The van der Waals surface area contributed by atoms with E-state index in [1.807, 2.05) is 0 Å². The summed E-state index contributed by atoms with van der Waals surface area (Å²) in [6.45, 7) is 5.32. The number of aliphatic hydroxyl groups excluding tert-OH is 1. The normalized spacial score (nSPS) is 10.9. The molecule has 25 heavy (non-hydrogen) atoms. The minimum atomic E-state index is -0.0102. The fourth-order valence-electron chi connectivity index (χ4n) is 2.06. The first kappa shape index (κ1) is 19.4. The summed E-state index contributed by atoms with van der Waals surface area (Å²) in [7, 11) is 0. The van der Waals surface area contributed by atoms with Crippen molar-refractivity contribution in [3.8, 4) is 11.5 Å². The lowest BCUT2D eigenvalue weighted by Gasteiger charge is -2.16. The Morgan fingerprint density at radius 3 is 2.76 bits per heavy atom. The van der Waals surface area contributed by atoms with Gasteiger partial charge in [-0.2, -0.15) is 4.98 Å². The van der Waals surface area contributed by atoms with Crippen LogP contribution in [0.5, 0.6) is 11.5 Å². The summed E-state index contributed by atoms with van der Waals surface area (Å²) in [5.41, 5.74) is 6.65. The second-order valence-electron chi connectivity index (χ2n) is 5.51. The molecule has 0 unspecified atom stereocenters. The lowest BCUT2D eigenvalue weighted by molar-refractivity contribution is 0.0991. The van der Waals surface area contributed by atoms with Crippen LogP contribution in [0.15, 0.2) is 23.1 Å². The average Bonchev–Trinajstić information content (AvgIpc) is 2.56. The monoisotopic (exact) mass is 411 g/mol. The smallest absolute Gasteiger partial charge is 0.222 e. The SMILES string of the molecule is CC(C)c1cnc(Br)cc1Oc1cnc(N)nc1NCCOCCO. The van der Waals surface area contributed by atoms with Gasteiger partial charge >= 0.3 is 0 Å². The minimum absolute atomic E-state index is 0.0102. The number of anilines is 2. The first-order valence-corrected chi connectivity index (χ1v) is 8.68. The number of nitrogens with one attached hydrogen (secondary N) is 1. The van der Waals surface area contributed by atoms with Gasteiger partial charge in [0.2, 0.25) is 5.95 Å². The highest BCUT2D eigenvalue weighted by Gasteiger charge is 2.14. The van der Waals surface area contributed by atoms with Crippen LogP contribution in [0, 0.1) is 0 Å². The molecule has 0 atom stereocenters. The van der Waals surface area contributed by atoms with Crippen molar-refractivity contribution in [1.82, 2.24) is 15.0 Å². The van der Waals surface area contributed by atoms with Gasteiger partial charge in [0.05, 0.1) is 26.0 Å². The number of pyridine rings is 1. The Balaban J connectivity index is 2.18. The van der Waals surface area contributed by atoms with Crippen molar-refractivity contribution >= 4 is 27.7 Å². The molecule has 2 aromatic heterocycles. The zero-order chi connectivity index (χ0) is 18.2. The number of nitrogens with two attached hydrogens (primary N) is 1. The van der Waals surface area contributed by atoms with Gasteiger partial charge in [0, 0.05) is 24.4 Å². The van der Waals surface area contributed by atoms with Gasteiger partial charge in [0.25, 0.3) is 0 Å². The van der Waals surface area contributed by atoms with Crippen molar-refractivity contribution in [2.75, 3.05) is 37.4 Å². The molecule has 0 radical (unpaired) electrons. The van der Waals surface area contributed by atoms with E-state index in [4.69, 9.17) is 20.3 Å². The molecule has 0 amide bonds. The summed E-state index contributed by atoms with van der Waals surface area (Å²) in [4.78, 5) is 12.4. The predicted octanol–water partition coefficient (Wildman–Crippen LogP) is 2.55. The molecule has 8 nitrogen and oxygen atoms in total. The molecular formula is C16H22BrN5O3. The number of nitrogen functional groups attached to an aromatic ring is 1. The number of aliphatic hydroxyl groups is 1. The van der Waals surface area contributed by atoms with Gasteiger partial charge in [0.15, 0.2) is 11.6 Å². The van der Waals surface area contributed by atoms with Crippen LogP contribution in [0.4, 0.5) is 11.8 Å². The van der Waals surface area contributed by atoms with Gasteiger partial charge < -0.3 is 25.6 Å². The van der Waals surface area contributed by atoms with E-state index in [9.17, 15) is 0 Å².